The molecule has 0 N–H and O–H groups in total. The highest BCUT2D eigenvalue weighted by Gasteiger charge is 2.50. The van der Waals surface area contributed by atoms with Gasteiger partial charge in [-0.25, -0.2) is 0 Å². The zero-order valence-corrected chi connectivity index (χ0v) is 33.3. The summed E-state index contributed by atoms with van der Waals surface area (Å²) in [4.78, 5) is 2.62. The van der Waals surface area contributed by atoms with E-state index in [4.69, 9.17) is 4.42 Å². The molecule has 2 aromatic heterocycles. The minimum absolute atomic E-state index is 0.122. The maximum Gasteiger partial charge on any atom is 0.135 e. The number of furan rings is 1. The first kappa shape index (κ1) is 32.8. The van der Waals surface area contributed by atoms with Crippen LogP contribution in [0.25, 0.3) is 64.4 Å². The van der Waals surface area contributed by atoms with Crippen molar-refractivity contribution in [3.63, 3.8) is 0 Å². The Morgan fingerprint density at radius 1 is 0.509 bits per heavy atom. The first-order chi connectivity index (χ1) is 26.4. The Bertz CT molecular complexity index is 3010. The lowest BCUT2D eigenvalue weighted by Gasteiger charge is -2.39. The van der Waals surface area contributed by atoms with Crippen LogP contribution in [0.2, 0.25) is 0 Å². The molecule has 0 bridgehead atoms. The molecular weight excluding hydrogens is 687 g/mol. The van der Waals surface area contributed by atoms with Crippen molar-refractivity contribution in [2.45, 2.75) is 64.7 Å². The van der Waals surface area contributed by atoms with E-state index in [1.807, 2.05) is 11.3 Å². The zero-order chi connectivity index (χ0) is 37.6. The minimum atomic E-state index is -0.270. The first-order valence-corrected chi connectivity index (χ1v) is 20.3. The van der Waals surface area contributed by atoms with Gasteiger partial charge in [-0.2, -0.15) is 0 Å². The highest BCUT2D eigenvalue weighted by molar-refractivity contribution is 7.25. The van der Waals surface area contributed by atoms with Gasteiger partial charge in [0.1, 0.15) is 11.2 Å². The van der Waals surface area contributed by atoms with Crippen LogP contribution in [-0.2, 0) is 16.2 Å². The number of benzene rings is 7. The average molecular weight is 730 g/mol. The normalized spacial score (nSPS) is 15.1. The maximum atomic E-state index is 6.43. The fourth-order valence-electron chi connectivity index (χ4n) is 10.3. The molecule has 2 aliphatic rings. The average Bonchev–Trinajstić information content (AvgIpc) is 3.87. The summed E-state index contributed by atoms with van der Waals surface area (Å²) < 4.78 is 9.04. The van der Waals surface area contributed by atoms with E-state index in [2.05, 4.69) is 187 Å². The van der Waals surface area contributed by atoms with E-state index < -0.39 is 0 Å². The topological polar surface area (TPSA) is 16.4 Å². The molecule has 55 heavy (non-hydrogen) atoms. The third kappa shape index (κ3) is 4.36. The minimum Gasteiger partial charge on any atom is -0.456 e. The summed E-state index contributed by atoms with van der Waals surface area (Å²) in [6, 6.07) is 49.6. The van der Waals surface area contributed by atoms with Gasteiger partial charge in [0.15, 0.2) is 0 Å². The molecule has 2 aliphatic carbocycles. The second-order valence-corrected chi connectivity index (χ2v) is 18.8. The van der Waals surface area contributed by atoms with Gasteiger partial charge in [-0.05, 0) is 98.0 Å². The summed E-state index contributed by atoms with van der Waals surface area (Å²) in [6.07, 6.45) is 0. The Hall–Kier alpha value is -5.64. The van der Waals surface area contributed by atoms with Gasteiger partial charge in [-0.1, -0.05) is 139 Å². The third-order valence-electron chi connectivity index (χ3n) is 12.7. The highest BCUT2D eigenvalue weighted by Crippen LogP contribution is 2.65. The summed E-state index contributed by atoms with van der Waals surface area (Å²) in [5.41, 5.74) is 17.3. The number of fused-ring (bicyclic) bond motifs is 12. The van der Waals surface area contributed by atoms with Gasteiger partial charge in [0.2, 0.25) is 0 Å². The van der Waals surface area contributed by atoms with E-state index >= 15 is 0 Å². The van der Waals surface area contributed by atoms with Gasteiger partial charge in [-0.15, -0.1) is 11.3 Å². The Kier molecular flexibility index (Phi) is 6.54. The molecule has 9 aromatic rings. The van der Waals surface area contributed by atoms with Crippen molar-refractivity contribution in [3.8, 4) is 22.3 Å². The number of para-hydroxylation sites is 1. The van der Waals surface area contributed by atoms with Gasteiger partial charge >= 0.3 is 0 Å². The smallest absolute Gasteiger partial charge is 0.135 e. The summed E-state index contributed by atoms with van der Waals surface area (Å²) in [7, 11) is 0. The fraction of sp³-hybridized carbons (Fsp3) is 0.192. The largest absolute Gasteiger partial charge is 0.456 e. The maximum absolute atomic E-state index is 6.43. The lowest BCUT2D eigenvalue weighted by atomic mass is 9.71. The molecule has 0 unspecified atom stereocenters. The molecule has 11 rings (SSSR count). The van der Waals surface area contributed by atoms with Crippen LogP contribution in [0.3, 0.4) is 0 Å². The van der Waals surface area contributed by atoms with Crippen molar-refractivity contribution in [2.75, 3.05) is 4.90 Å². The Labute approximate surface area is 326 Å². The first-order valence-electron chi connectivity index (χ1n) is 19.5. The molecule has 0 saturated carbocycles. The molecule has 7 aromatic carbocycles. The Balaban J connectivity index is 1.34. The fourth-order valence-corrected chi connectivity index (χ4v) is 11.5. The molecule has 3 heteroatoms. The molecule has 0 spiro atoms. The zero-order valence-electron chi connectivity index (χ0n) is 32.5. The van der Waals surface area contributed by atoms with Crippen molar-refractivity contribution in [1.82, 2.24) is 0 Å². The van der Waals surface area contributed by atoms with Crippen LogP contribution in [0.4, 0.5) is 17.1 Å². The van der Waals surface area contributed by atoms with Crippen LogP contribution in [-0.4, -0.2) is 0 Å². The van der Waals surface area contributed by atoms with Crippen LogP contribution < -0.4 is 4.90 Å². The lowest BCUT2D eigenvalue weighted by Crippen LogP contribution is -2.27. The van der Waals surface area contributed by atoms with E-state index in [9.17, 15) is 0 Å². The van der Waals surface area contributed by atoms with Crippen molar-refractivity contribution >= 4 is 70.5 Å². The second-order valence-electron chi connectivity index (χ2n) is 17.7. The molecule has 2 heterocycles. The van der Waals surface area contributed by atoms with E-state index in [1.165, 1.54) is 75.9 Å². The summed E-state index contributed by atoms with van der Waals surface area (Å²) >= 11 is 1.88. The molecular formula is C52H43NOS. The third-order valence-corrected chi connectivity index (χ3v) is 13.8. The van der Waals surface area contributed by atoms with E-state index in [0.29, 0.717) is 0 Å². The number of rotatable bonds is 3. The number of hydrogen-bond donors (Lipinski definition) is 0. The van der Waals surface area contributed by atoms with Gasteiger partial charge in [0.05, 0.1) is 5.69 Å². The quantitative estimate of drug-likeness (QED) is 0.180. The van der Waals surface area contributed by atoms with Gasteiger partial charge in [0, 0.05) is 53.1 Å². The predicted molar refractivity (Wildman–Crippen MR) is 235 cm³/mol. The summed E-state index contributed by atoms with van der Waals surface area (Å²) in [5, 5.41) is 4.89. The number of thiophene rings is 1. The van der Waals surface area contributed by atoms with Crippen molar-refractivity contribution in [2.24, 2.45) is 0 Å². The monoisotopic (exact) mass is 729 g/mol. The van der Waals surface area contributed by atoms with E-state index in [-0.39, 0.29) is 16.2 Å². The summed E-state index contributed by atoms with van der Waals surface area (Å²) in [6.45, 7) is 17.1. The predicted octanol–water partition coefficient (Wildman–Crippen LogP) is 15.3. The van der Waals surface area contributed by atoms with Crippen molar-refractivity contribution in [3.05, 3.63) is 161 Å². The Morgan fingerprint density at radius 3 is 1.71 bits per heavy atom. The Morgan fingerprint density at radius 2 is 1.04 bits per heavy atom. The molecule has 0 radical (unpaired) electrons. The molecule has 0 atom stereocenters. The number of anilines is 3. The molecule has 0 fully saturated rings. The lowest BCUT2D eigenvalue weighted by molar-refractivity contribution is 0.587. The number of nitrogens with zero attached hydrogens (tertiary/aromatic N) is 1. The molecule has 0 aliphatic heterocycles. The molecule has 0 saturated heterocycles. The van der Waals surface area contributed by atoms with Crippen LogP contribution in [0.1, 0.15) is 76.3 Å². The van der Waals surface area contributed by atoms with Gasteiger partial charge in [-0.3, -0.25) is 0 Å². The van der Waals surface area contributed by atoms with Crippen LogP contribution in [0.15, 0.2) is 138 Å². The van der Waals surface area contributed by atoms with Crippen molar-refractivity contribution < 1.29 is 4.42 Å². The molecule has 0 amide bonds. The summed E-state index contributed by atoms with van der Waals surface area (Å²) in [5.74, 6) is 0. The molecule has 268 valence electrons. The van der Waals surface area contributed by atoms with Crippen LogP contribution >= 0.6 is 11.3 Å². The number of hydrogen-bond acceptors (Lipinski definition) is 3. The molecule has 2 nitrogen and oxygen atoms in total. The van der Waals surface area contributed by atoms with Crippen molar-refractivity contribution in [1.29, 1.82) is 0 Å². The SMILES string of the molecule is CC(C)(C)c1c2c(c(N(c3ccc4c(c3)sc3ccccc34)c3ccc4oc5ccccc5c4c3)c3c1-c1ccccc1C3(C)C)C(C)(C)c1ccccc1-2. The van der Waals surface area contributed by atoms with E-state index in [0.717, 1.165) is 33.3 Å². The van der Waals surface area contributed by atoms with E-state index in [1.54, 1.807) is 0 Å². The second kappa shape index (κ2) is 11.0. The van der Waals surface area contributed by atoms with Gasteiger partial charge in [0.25, 0.3) is 0 Å². The van der Waals surface area contributed by atoms with Gasteiger partial charge < -0.3 is 9.32 Å². The highest BCUT2D eigenvalue weighted by atomic mass is 32.1. The van der Waals surface area contributed by atoms with Crippen LogP contribution in [0.5, 0.6) is 0 Å². The van der Waals surface area contributed by atoms with Crippen LogP contribution in [0, 0.1) is 0 Å². The standard InChI is InChI=1S/C52H43NOS/c1-50(2,3)46-44-35-18-8-12-20-38(35)51(4,5)47(44)49(48-45(46)36-19-9-13-21-39(36)52(48,6)7)53(30-25-27-41-37(28-30)32-16-10-14-22-40(32)54-41)31-24-26-34-33-17-11-15-23-42(33)55-43(34)29-31/h8-29H,1-7H3.